The lowest BCUT2D eigenvalue weighted by Gasteiger charge is -2.21. The molecule has 2 nitrogen and oxygen atoms in total. The van der Waals surface area contributed by atoms with Crippen LogP contribution in [0.2, 0.25) is 0 Å². The fourth-order valence-corrected chi connectivity index (χ4v) is 2.02. The first-order valence-electron chi connectivity index (χ1n) is 6.69. The average Bonchev–Trinajstić information content (AvgIpc) is 2.35. The standard InChI is InChI=1S/C16H24O2/c1-5-12(2)14-9-7-6-8-13(14)10-11-16(3,4)15(17)18/h6-9,12H,5,10-11H2,1-4H3,(H,17,18). The van der Waals surface area contributed by atoms with Gasteiger partial charge in [-0.05, 0) is 50.2 Å². The highest BCUT2D eigenvalue weighted by atomic mass is 16.4. The highest BCUT2D eigenvalue weighted by Gasteiger charge is 2.26. The number of hydrogen-bond acceptors (Lipinski definition) is 1. The Labute approximate surface area is 110 Å². The van der Waals surface area contributed by atoms with Crippen LogP contribution in [0.5, 0.6) is 0 Å². The van der Waals surface area contributed by atoms with E-state index in [1.54, 1.807) is 13.8 Å². The average molecular weight is 248 g/mol. The van der Waals surface area contributed by atoms with Crippen LogP contribution in [0.4, 0.5) is 0 Å². The minimum absolute atomic E-state index is 0.536. The zero-order valence-electron chi connectivity index (χ0n) is 11.9. The molecule has 0 saturated carbocycles. The van der Waals surface area contributed by atoms with Crippen LogP contribution in [-0.4, -0.2) is 11.1 Å². The van der Waals surface area contributed by atoms with E-state index < -0.39 is 11.4 Å². The van der Waals surface area contributed by atoms with E-state index in [2.05, 4.69) is 32.0 Å². The molecule has 0 amide bonds. The van der Waals surface area contributed by atoms with Gasteiger partial charge in [0, 0.05) is 0 Å². The molecule has 1 atom stereocenters. The summed E-state index contributed by atoms with van der Waals surface area (Å²) >= 11 is 0. The van der Waals surface area contributed by atoms with Crippen molar-refractivity contribution in [2.24, 2.45) is 5.41 Å². The molecule has 0 heterocycles. The minimum Gasteiger partial charge on any atom is -0.481 e. The summed E-state index contributed by atoms with van der Waals surface area (Å²) < 4.78 is 0. The Kier molecular flexibility index (Phi) is 4.94. The molecule has 0 aromatic heterocycles. The molecular weight excluding hydrogens is 224 g/mol. The van der Waals surface area contributed by atoms with E-state index in [4.69, 9.17) is 5.11 Å². The van der Waals surface area contributed by atoms with Gasteiger partial charge >= 0.3 is 5.97 Å². The van der Waals surface area contributed by atoms with Gasteiger partial charge in [-0.1, -0.05) is 38.1 Å². The van der Waals surface area contributed by atoms with Crippen LogP contribution >= 0.6 is 0 Å². The van der Waals surface area contributed by atoms with Crippen LogP contribution in [0.3, 0.4) is 0 Å². The van der Waals surface area contributed by atoms with Crippen molar-refractivity contribution >= 4 is 5.97 Å². The molecular formula is C16H24O2. The lowest BCUT2D eigenvalue weighted by molar-refractivity contribution is -0.147. The number of carbonyl (C=O) groups is 1. The van der Waals surface area contributed by atoms with Gasteiger partial charge in [0.2, 0.25) is 0 Å². The molecule has 1 rings (SSSR count). The first kappa shape index (κ1) is 14.7. The lowest BCUT2D eigenvalue weighted by atomic mass is 9.84. The molecule has 0 spiro atoms. The number of benzene rings is 1. The summed E-state index contributed by atoms with van der Waals surface area (Å²) in [6.07, 6.45) is 2.62. The van der Waals surface area contributed by atoms with Crippen LogP contribution in [0.15, 0.2) is 24.3 Å². The summed E-state index contributed by atoms with van der Waals surface area (Å²) in [7, 11) is 0. The van der Waals surface area contributed by atoms with Crippen molar-refractivity contribution in [1.82, 2.24) is 0 Å². The van der Waals surface area contributed by atoms with Gasteiger partial charge in [0.15, 0.2) is 0 Å². The first-order valence-corrected chi connectivity index (χ1v) is 6.69. The van der Waals surface area contributed by atoms with Gasteiger partial charge in [0.05, 0.1) is 5.41 Å². The SMILES string of the molecule is CCC(C)c1ccccc1CCC(C)(C)C(=O)O. The highest BCUT2D eigenvalue weighted by Crippen LogP contribution is 2.28. The molecule has 0 aliphatic carbocycles. The van der Waals surface area contributed by atoms with Gasteiger partial charge in [-0.3, -0.25) is 4.79 Å². The highest BCUT2D eigenvalue weighted by molar-refractivity contribution is 5.73. The Morgan fingerprint density at radius 3 is 2.50 bits per heavy atom. The Balaban J connectivity index is 2.82. The predicted octanol–water partition coefficient (Wildman–Crippen LogP) is 4.24. The van der Waals surface area contributed by atoms with Crippen LogP contribution in [0.1, 0.15) is 57.6 Å². The van der Waals surface area contributed by atoms with Crippen molar-refractivity contribution < 1.29 is 9.90 Å². The van der Waals surface area contributed by atoms with Crippen molar-refractivity contribution in [2.75, 3.05) is 0 Å². The van der Waals surface area contributed by atoms with Gasteiger partial charge in [-0.15, -0.1) is 0 Å². The number of aryl methyl sites for hydroxylation is 1. The van der Waals surface area contributed by atoms with E-state index in [1.165, 1.54) is 11.1 Å². The Hall–Kier alpha value is -1.31. The van der Waals surface area contributed by atoms with Crippen LogP contribution in [-0.2, 0) is 11.2 Å². The summed E-state index contributed by atoms with van der Waals surface area (Å²) in [4.78, 5) is 11.1. The maximum atomic E-state index is 11.1. The second-order valence-electron chi connectivity index (χ2n) is 5.70. The molecule has 1 N–H and O–H groups in total. The van der Waals surface area contributed by atoms with E-state index in [1.807, 2.05) is 6.07 Å². The maximum absolute atomic E-state index is 11.1. The van der Waals surface area contributed by atoms with Crippen molar-refractivity contribution in [3.63, 3.8) is 0 Å². The second-order valence-corrected chi connectivity index (χ2v) is 5.70. The molecule has 1 aromatic rings. The summed E-state index contributed by atoms with van der Waals surface area (Å²) in [5.74, 6) is -0.183. The molecule has 0 saturated heterocycles. The number of rotatable bonds is 6. The van der Waals surface area contributed by atoms with Crippen molar-refractivity contribution in [3.05, 3.63) is 35.4 Å². The zero-order valence-corrected chi connectivity index (χ0v) is 11.9. The Bertz CT molecular complexity index is 407. The maximum Gasteiger partial charge on any atom is 0.309 e. The molecule has 1 aromatic carbocycles. The van der Waals surface area contributed by atoms with Crippen molar-refractivity contribution in [2.45, 2.75) is 52.9 Å². The second kappa shape index (κ2) is 6.03. The van der Waals surface area contributed by atoms with E-state index >= 15 is 0 Å². The molecule has 0 radical (unpaired) electrons. The molecule has 1 unspecified atom stereocenters. The van der Waals surface area contributed by atoms with Gasteiger partial charge in [0.1, 0.15) is 0 Å². The monoisotopic (exact) mass is 248 g/mol. The van der Waals surface area contributed by atoms with Crippen LogP contribution < -0.4 is 0 Å². The summed E-state index contributed by atoms with van der Waals surface area (Å²) in [6.45, 7) is 7.99. The zero-order chi connectivity index (χ0) is 13.8. The Morgan fingerprint density at radius 2 is 1.94 bits per heavy atom. The largest absolute Gasteiger partial charge is 0.481 e. The van der Waals surface area contributed by atoms with Crippen LogP contribution in [0.25, 0.3) is 0 Å². The number of carboxylic acids is 1. The third-order valence-electron chi connectivity index (χ3n) is 3.80. The van der Waals surface area contributed by atoms with E-state index in [-0.39, 0.29) is 0 Å². The number of carboxylic acid groups (broad SMARTS) is 1. The van der Waals surface area contributed by atoms with Gasteiger partial charge in [-0.2, -0.15) is 0 Å². The van der Waals surface area contributed by atoms with Crippen molar-refractivity contribution in [1.29, 1.82) is 0 Å². The summed E-state index contributed by atoms with van der Waals surface area (Å²) in [5, 5.41) is 9.14. The lowest BCUT2D eigenvalue weighted by Crippen LogP contribution is -2.24. The topological polar surface area (TPSA) is 37.3 Å². The molecule has 0 bridgehead atoms. The predicted molar refractivity (Wildman–Crippen MR) is 74.9 cm³/mol. The Morgan fingerprint density at radius 1 is 1.33 bits per heavy atom. The summed E-state index contributed by atoms with van der Waals surface area (Å²) in [6, 6.07) is 8.39. The molecule has 100 valence electrons. The third-order valence-corrected chi connectivity index (χ3v) is 3.80. The van der Waals surface area contributed by atoms with E-state index in [0.29, 0.717) is 12.3 Å². The van der Waals surface area contributed by atoms with E-state index in [0.717, 1.165) is 12.8 Å². The minimum atomic E-state index is -0.719. The molecule has 18 heavy (non-hydrogen) atoms. The quantitative estimate of drug-likeness (QED) is 0.817. The molecule has 2 heteroatoms. The molecule has 0 fully saturated rings. The van der Waals surface area contributed by atoms with Gasteiger partial charge in [0.25, 0.3) is 0 Å². The van der Waals surface area contributed by atoms with E-state index in [9.17, 15) is 4.79 Å². The first-order chi connectivity index (χ1) is 8.38. The number of hydrogen-bond donors (Lipinski definition) is 1. The van der Waals surface area contributed by atoms with Gasteiger partial charge in [-0.25, -0.2) is 0 Å². The molecule has 0 aliphatic rings. The molecule has 0 aliphatic heterocycles. The fourth-order valence-electron chi connectivity index (χ4n) is 2.02. The third kappa shape index (κ3) is 3.59. The van der Waals surface area contributed by atoms with Crippen molar-refractivity contribution in [3.8, 4) is 0 Å². The normalized spacial score (nSPS) is 13.3. The summed E-state index contributed by atoms with van der Waals surface area (Å²) in [5.41, 5.74) is 2.00. The van der Waals surface area contributed by atoms with Gasteiger partial charge < -0.3 is 5.11 Å². The number of aliphatic carboxylic acids is 1. The smallest absolute Gasteiger partial charge is 0.309 e. The van der Waals surface area contributed by atoms with Crippen LogP contribution in [0, 0.1) is 5.41 Å². The fraction of sp³-hybridized carbons (Fsp3) is 0.562.